The fourth-order valence-electron chi connectivity index (χ4n) is 4.19. The van der Waals surface area contributed by atoms with Crippen LogP contribution >= 0.6 is 0 Å². The van der Waals surface area contributed by atoms with Gasteiger partial charge in [0.1, 0.15) is 0 Å². The molecule has 1 radical (unpaired) electrons. The third-order valence-electron chi connectivity index (χ3n) is 5.54. The topological polar surface area (TPSA) is 37.6 Å². The standard InChI is InChI=1S/C28H33N3.3ClH.V/c1-16-10-19(4)27(20(5)11-16)29-23(8)25-14-18(3)15-26(31-25)24(9)30-28-21(6)12-17(2)13-22(28)7;;;;/h10-15H,1-9H3;3*1H;/p-3. The van der Waals surface area contributed by atoms with Gasteiger partial charge in [0, 0.05) is 18.6 Å². The van der Waals surface area contributed by atoms with E-state index in [1.54, 1.807) is 0 Å². The van der Waals surface area contributed by atoms with E-state index in [4.69, 9.17) is 15.0 Å². The van der Waals surface area contributed by atoms with E-state index in [2.05, 4.69) is 84.9 Å². The number of pyridine rings is 1. The second-order valence-electron chi connectivity index (χ2n) is 8.80. The van der Waals surface area contributed by atoms with Gasteiger partial charge in [-0.2, -0.15) is 0 Å². The second-order valence-corrected chi connectivity index (χ2v) is 8.80. The molecule has 0 aliphatic heterocycles. The average Bonchev–Trinajstić information content (AvgIpc) is 2.66. The van der Waals surface area contributed by atoms with E-state index >= 15 is 0 Å². The van der Waals surface area contributed by atoms with E-state index in [1.807, 2.05) is 13.8 Å². The molecule has 7 heteroatoms. The van der Waals surface area contributed by atoms with Gasteiger partial charge in [0.15, 0.2) is 0 Å². The molecule has 0 atom stereocenters. The van der Waals surface area contributed by atoms with E-state index in [-0.39, 0.29) is 55.8 Å². The minimum absolute atomic E-state index is 0. The summed E-state index contributed by atoms with van der Waals surface area (Å²) in [6, 6.07) is 12.9. The van der Waals surface area contributed by atoms with Gasteiger partial charge < -0.3 is 37.2 Å². The van der Waals surface area contributed by atoms with E-state index in [0.29, 0.717) is 0 Å². The molecule has 189 valence electrons. The van der Waals surface area contributed by atoms with Crippen LogP contribution in [0.2, 0.25) is 0 Å². The third kappa shape index (κ3) is 8.77. The molecule has 0 aliphatic rings. The maximum atomic E-state index is 4.95. The van der Waals surface area contributed by atoms with Crippen molar-refractivity contribution in [3.05, 3.63) is 86.7 Å². The zero-order chi connectivity index (χ0) is 22.9. The summed E-state index contributed by atoms with van der Waals surface area (Å²) in [6.07, 6.45) is 0. The van der Waals surface area contributed by atoms with Crippen molar-refractivity contribution in [3.8, 4) is 0 Å². The molecular formula is C28H33Cl3N3V-3. The smallest absolute Gasteiger partial charge is 0.0852 e. The molecule has 3 rings (SSSR count). The van der Waals surface area contributed by atoms with E-state index < -0.39 is 0 Å². The van der Waals surface area contributed by atoms with Crippen LogP contribution < -0.4 is 37.2 Å². The molecule has 0 aliphatic carbocycles. The fraction of sp³-hybridized carbons (Fsp3) is 0.321. The van der Waals surface area contributed by atoms with Crippen LogP contribution in [0, 0.1) is 48.5 Å². The summed E-state index contributed by atoms with van der Waals surface area (Å²) in [4.78, 5) is 14.8. The summed E-state index contributed by atoms with van der Waals surface area (Å²) in [5.41, 5.74) is 14.1. The SMILES string of the molecule is CC(=Nc1c(C)cc(C)cc1C)c1cc(C)cc(C(C)=Nc2c(C)cc(C)cc2C)n1.[Cl-].[Cl-].[Cl-].[V]. The number of aliphatic imine (C=N–C) groups is 2. The number of rotatable bonds is 4. The molecule has 1 aromatic heterocycles. The van der Waals surface area contributed by atoms with E-state index in [1.165, 1.54) is 33.4 Å². The molecule has 0 amide bonds. The van der Waals surface area contributed by atoms with Gasteiger partial charge in [0.25, 0.3) is 0 Å². The predicted molar refractivity (Wildman–Crippen MR) is 134 cm³/mol. The molecule has 1 heterocycles. The van der Waals surface area contributed by atoms with Crippen molar-refractivity contribution >= 4 is 22.8 Å². The van der Waals surface area contributed by atoms with Gasteiger partial charge in [-0.1, -0.05) is 35.4 Å². The zero-order valence-corrected chi connectivity index (χ0v) is 25.6. The van der Waals surface area contributed by atoms with Gasteiger partial charge in [-0.3, -0.25) is 9.98 Å². The van der Waals surface area contributed by atoms with Gasteiger partial charge in [-0.05, 0) is 102 Å². The number of hydrogen-bond donors (Lipinski definition) is 0. The van der Waals surface area contributed by atoms with Crippen LogP contribution in [0.3, 0.4) is 0 Å². The molecule has 3 nitrogen and oxygen atoms in total. The van der Waals surface area contributed by atoms with Crippen LogP contribution in [0.25, 0.3) is 0 Å². The molecule has 0 spiro atoms. The minimum Gasteiger partial charge on any atom is -1.00 e. The molecule has 3 aromatic rings. The van der Waals surface area contributed by atoms with Crippen molar-refractivity contribution in [1.29, 1.82) is 0 Å². The average molecular weight is 569 g/mol. The molecule has 0 saturated carbocycles. The molecule has 0 fully saturated rings. The number of aryl methyl sites for hydroxylation is 7. The zero-order valence-electron chi connectivity index (χ0n) is 21.9. The van der Waals surface area contributed by atoms with Crippen LogP contribution in [0.5, 0.6) is 0 Å². The summed E-state index contributed by atoms with van der Waals surface area (Å²) in [6.45, 7) is 18.9. The molecule has 0 unspecified atom stereocenters. The van der Waals surface area contributed by atoms with Gasteiger partial charge in [-0.15, -0.1) is 0 Å². The first-order valence-electron chi connectivity index (χ1n) is 10.8. The number of benzene rings is 2. The van der Waals surface area contributed by atoms with Crippen LogP contribution in [-0.4, -0.2) is 16.4 Å². The number of aromatic nitrogens is 1. The second kappa shape index (κ2) is 14.8. The quantitative estimate of drug-likeness (QED) is 0.355. The minimum atomic E-state index is 0. The van der Waals surface area contributed by atoms with Crippen LogP contribution in [0.4, 0.5) is 11.4 Å². The third-order valence-corrected chi connectivity index (χ3v) is 5.54. The molecule has 0 N–H and O–H groups in total. The van der Waals surface area contributed by atoms with Crippen molar-refractivity contribution in [1.82, 2.24) is 4.98 Å². The number of halogens is 3. The first kappa shape index (κ1) is 35.5. The van der Waals surface area contributed by atoms with Crippen molar-refractivity contribution in [2.45, 2.75) is 62.3 Å². The Hall–Kier alpha value is -1.62. The molecule has 35 heavy (non-hydrogen) atoms. The Kier molecular flexibility index (Phi) is 15.1. The van der Waals surface area contributed by atoms with E-state index in [0.717, 1.165) is 39.7 Å². The normalized spacial score (nSPS) is 11.0. The Morgan fingerprint density at radius 2 is 0.771 bits per heavy atom. The van der Waals surface area contributed by atoms with Gasteiger partial charge in [0.2, 0.25) is 0 Å². The largest absolute Gasteiger partial charge is 1.00 e. The summed E-state index contributed by atoms with van der Waals surface area (Å²) in [5.74, 6) is 0. The fourth-order valence-corrected chi connectivity index (χ4v) is 4.19. The van der Waals surface area contributed by atoms with Crippen molar-refractivity contribution in [2.75, 3.05) is 0 Å². The maximum absolute atomic E-state index is 4.95. The van der Waals surface area contributed by atoms with Gasteiger partial charge in [-0.25, -0.2) is 4.98 Å². The predicted octanol–water partition coefficient (Wildman–Crippen LogP) is -1.47. The van der Waals surface area contributed by atoms with Crippen molar-refractivity contribution < 1.29 is 55.8 Å². The molecule has 0 saturated heterocycles. The summed E-state index contributed by atoms with van der Waals surface area (Å²) >= 11 is 0. The Labute approximate surface area is 241 Å². The number of hydrogen-bond acceptors (Lipinski definition) is 3. The first-order valence-corrected chi connectivity index (χ1v) is 10.8. The first-order chi connectivity index (χ1) is 14.5. The Morgan fingerprint density at radius 3 is 1.06 bits per heavy atom. The maximum Gasteiger partial charge on any atom is 0.0852 e. The Balaban J connectivity index is 0. The van der Waals surface area contributed by atoms with Gasteiger partial charge >= 0.3 is 0 Å². The van der Waals surface area contributed by atoms with Crippen molar-refractivity contribution in [2.24, 2.45) is 9.98 Å². The van der Waals surface area contributed by atoms with Crippen LogP contribution in [0.15, 0.2) is 46.4 Å². The molecule has 0 bridgehead atoms. The summed E-state index contributed by atoms with van der Waals surface area (Å²) in [5, 5.41) is 0. The van der Waals surface area contributed by atoms with E-state index in [9.17, 15) is 0 Å². The monoisotopic (exact) mass is 567 g/mol. The van der Waals surface area contributed by atoms with Crippen LogP contribution in [-0.2, 0) is 18.6 Å². The molecule has 2 aromatic carbocycles. The van der Waals surface area contributed by atoms with Gasteiger partial charge in [0.05, 0.1) is 34.2 Å². The Bertz CT molecular complexity index is 1100. The number of nitrogens with zero attached hydrogens (tertiary/aromatic N) is 3. The van der Waals surface area contributed by atoms with Crippen molar-refractivity contribution in [3.63, 3.8) is 0 Å². The summed E-state index contributed by atoms with van der Waals surface area (Å²) < 4.78 is 0. The summed E-state index contributed by atoms with van der Waals surface area (Å²) in [7, 11) is 0. The molecular weight excluding hydrogens is 536 g/mol. The van der Waals surface area contributed by atoms with Crippen LogP contribution in [0.1, 0.15) is 64.2 Å². The Morgan fingerprint density at radius 1 is 0.514 bits per heavy atom.